The number of nitrogens with one attached hydrogen (secondary N) is 2. The molecule has 10 heteroatoms. The molecule has 2 N–H and O–H groups in total. The van der Waals surface area contributed by atoms with Crippen molar-refractivity contribution in [3.8, 4) is 17.2 Å². The first-order chi connectivity index (χ1) is 12.7. The van der Waals surface area contributed by atoms with Crippen molar-refractivity contribution < 1.29 is 19.0 Å². The van der Waals surface area contributed by atoms with Crippen LogP contribution in [0.2, 0.25) is 0 Å². The summed E-state index contributed by atoms with van der Waals surface area (Å²) in [6, 6.07) is 7.00. The fraction of sp³-hybridized carbons (Fsp3) is 0.333. The van der Waals surface area contributed by atoms with Gasteiger partial charge in [0.25, 0.3) is 0 Å². The number of halogens is 2. The third-order valence-electron chi connectivity index (χ3n) is 4.02. The maximum atomic E-state index is 12.6. The Morgan fingerprint density at radius 3 is 2.39 bits per heavy atom. The molecule has 28 heavy (non-hydrogen) atoms. The Labute approximate surface area is 180 Å². The molecule has 1 aromatic carbocycles. The fourth-order valence-corrected chi connectivity index (χ4v) is 3.95. The third kappa shape index (κ3) is 5.35. The second kappa shape index (κ2) is 11.2. The summed E-state index contributed by atoms with van der Waals surface area (Å²) in [5.41, 5.74) is 1.64. The molecule has 0 spiro atoms. The Balaban J connectivity index is 0.00000196. The first-order valence-corrected chi connectivity index (χ1v) is 9.09. The molecule has 1 aliphatic rings. The number of benzene rings is 1. The van der Waals surface area contributed by atoms with Gasteiger partial charge < -0.3 is 19.5 Å². The van der Waals surface area contributed by atoms with Crippen LogP contribution in [0.4, 0.5) is 5.69 Å². The minimum Gasteiger partial charge on any atom is -0.493 e. The number of ether oxygens (including phenoxy) is 3. The summed E-state index contributed by atoms with van der Waals surface area (Å²) in [5.74, 6) is 2.03. The van der Waals surface area contributed by atoms with Gasteiger partial charge in [0.15, 0.2) is 11.5 Å². The van der Waals surface area contributed by atoms with E-state index >= 15 is 0 Å². The largest absolute Gasteiger partial charge is 0.493 e. The van der Waals surface area contributed by atoms with Crippen LogP contribution in [0.25, 0.3) is 0 Å². The van der Waals surface area contributed by atoms with Gasteiger partial charge in [0.05, 0.1) is 32.7 Å². The maximum Gasteiger partial charge on any atom is 0.242 e. The number of amides is 1. The van der Waals surface area contributed by atoms with Gasteiger partial charge in [-0.2, -0.15) is 0 Å². The second-order valence-corrected chi connectivity index (χ2v) is 6.76. The van der Waals surface area contributed by atoms with E-state index in [-0.39, 0.29) is 42.1 Å². The number of carbonyl (C=O) groups is 1. The van der Waals surface area contributed by atoms with Crippen LogP contribution in [0.1, 0.15) is 10.9 Å². The number of nitrogens with zero attached hydrogens (tertiary/aromatic N) is 1. The molecular weight excluding hydrogens is 425 g/mol. The van der Waals surface area contributed by atoms with Gasteiger partial charge in [-0.3, -0.25) is 15.1 Å². The van der Waals surface area contributed by atoms with E-state index in [1.807, 2.05) is 18.3 Å². The molecule has 1 saturated heterocycles. The average molecular weight is 448 g/mol. The Morgan fingerprint density at radius 2 is 1.86 bits per heavy atom. The molecule has 2 atom stereocenters. The minimum absolute atomic E-state index is 0. The van der Waals surface area contributed by atoms with Gasteiger partial charge in [0.2, 0.25) is 11.7 Å². The molecule has 3 rings (SSSR count). The lowest BCUT2D eigenvalue weighted by Crippen LogP contribution is -2.38. The van der Waals surface area contributed by atoms with Crippen LogP contribution in [0.3, 0.4) is 0 Å². The zero-order valence-electron chi connectivity index (χ0n) is 15.6. The highest BCUT2D eigenvalue weighted by atomic mass is 35.5. The lowest BCUT2D eigenvalue weighted by molar-refractivity contribution is -0.117. The number of pyridine rings is 1. The normalized spacial score (nSPS) is 17.7. The van der Waals surface area contributed by atoms with Crippen molar-refractivity contribution in [2.24, 2.45) is 0 Å². The molecule has 2 heterocycles. The number of aromatic nitrogens is 1. The molecule has 0 aliphatic carbocycles. The van der Waals surface area contributed by atoms with Crippen molar-refractivity contribution in [2.45, 2.75) is 11.4 Å². The van der Waals surface area contributed by atoms with Crippen molar-refractivity contribution in [1.29, 1.82) is 0 Å². The van der Waals surface area contributed by atoms with Gasteiger partial charge in [0, 0.05) is 36.0 Å². The molecule has 1 amide bonds. The van der Waals surface area contributed by atoms with Gasteiger partial charge in [-0.05, 0) is 11.6 Å². The van der Waals surface area contributed by atoms with E-state index < -0.39 is 0 Å². The van der Waals surface area contributed by atoms with Gasteiger partial charge in [-0.25, -0.2) is 0 Å². The highest BCUT2D eigenvalue weighted by Crippen LogP contribution is 2.40. The van der Waals surface area contributed by atoms with Crippen molar-refractivity contribution in [3.05, 3.63) is 42.2 Å². The highest BCUT2D eigenvalue weighted by Gasteiger charge is 2.31. The summed E-state index contributed by atoms with van der Waals surface area (Å²) in [4.78, 5) is 16.8. The zero-order valence-corrected chi connectivity index (χ0v) is 18.1. The number of methoxy groups -OCH3 is 3. The Morgan fingerprint density at radius 1 is 1.18 bits per heavy atom. The van der Waals surface area contributed by atoms with Crippen LogP contribution < -0.4 is 24.8 Å². The smallest absolute Gasteiger partial charge is 0.242 e. The zero-order chi connectivity index (χ0) is 18.5. The van der Waals surface area contributed by atoms with Gasteiger partial charge in [-0.1, -0.05) is 6.07 Å². The van der Waals surface area contributed by atoms with Crippen molar-refractivity contribution in [3.63, 3.8) is 0 Å². The third-order valence-corrected chi connectivity index (χ3v) is 5.29. The molecular formula is C18H23Cl2N3O4S. The molecule has 1 fully saturated rings. The van der Waals surface area contributed by atoms with Crippen molar-refractivity contribution in [2.75, 3.05) is 32.4 Å². The first kappa shape index (κ1) is 24.2. The van der Waals surface area contributed by atoms with Crippen LogP contribution in [0, 0.1) is 0 Å². The van der Waals surface area contributed by atoms with Crippen LogP contribution in [0.5, 0.6) is 17.2 Å². The van der Waals surface area contributed by atoms with E-state index in [2.05, 4.69) is 15.6 Å². The minimum atomic E-state index is -0.302. The number of anilines is 1. The number of thioether (sulfide) groups is 1. The first-order valence-electron chi connectivity index (χ1n) is 8.04. The number of hydrogen-bond donors (Lipinski definition) is 2. The van der Waals surface area contributed by atoms with Gasteiger partial charge in [-0.15, -0.1) is 36.6 Å². The molecule has 7 nitrogen and oxygen atoms in total. The molecule has 154 valence electrons. The lowest BCUT2D eigenvalue weighted by Gasteiger charge is -2.16. The summed E-state index contributed by atoms with van der Waals surface area (Å²) >= 11 is 1.68. The van der Waals surface area contributed by atoms with E-state index in [4.69, 9.17) is 14.2 Å². The van der Waals surface area contributed by atoms with Crippen LogP contribution >= 0.6 is 36.6 Å². The summed E-state index contributed by atoms with van der Waals surface area (Å²) < 4.78 is 15.9. The molecule has 2 unspecified atom stereocenters. The topological polar surface area (TPSA) is 81.7 Å². The highest BCUT2D eigenvalue weighted by molar-refractivity contribution is 7.99. The summed E-state index contributed by atoms with van der Waals surface area (Å²) in [5, 5.41) is 6.30. The van der Waals surface area contributed by atoms with E-state index in [0.717, 1.165) is 5.56 Å². The second-order valence-electron chi connectivity index (χ2n) is 5.62. The quantitative estimate of drug-likeness (QED) is 0.702. The molecule has 0 bridgehead atoms. The Hall–Kier alpha value is -1.87. The molecule has 1 aliphatic heterocycles. The number of carbonyl (C=O) groups excluding carboxylic acids is 1. The van der Waals surface area contributed by atoms with Crippen molar-refractivity contribution >= 4 is 48.2 Å². The number of hydrogen-bond acceptors (Lipinski definition) is 7. The monoisotopic (exact) mass is 447 g/mol. The Kier molecular flexibility index (Phi) is 9.68. The van der Waals surface area contributed by atoms with Crippen molar-refractivity contribution in [1.82, 2.24) is 10.3 Å². The standard InChI is InChI=1S/C18H21N3O4S.2ClH/c1-23-14-7-12(8-15(24-2)16(14)25-3)20-17(22)13-10-26-18(21-13)11-5-4-6-19-9-11;;/h4-9,13,18,21H,10H2,1-3H3,(H,20,22);2*1H. The maximum absolute atomic E-state index is 12.6. The van der Waals surface area contributed by atoms with Crippen LogP contribution in [-0.4, -0.2) is 44.0 Å². The predicted octanol–water partition coefficient (Wildman–Crippen LogP) is 3.29. The molecule has 1 aromatic heterocycles. The SMILES string of the molecule is COc1cc(NC(=O)C2CSC(c3cccnc3)N2)cc(OC)c1OC.Cl.Cl. The molecule has 2 aromatic rings. The van der Waals surface area contributed by atoms with Gasteiger partial charge >= 0.3 is 0 Å². The summed E-state index contributed by atoms with van der Waals surface area (Å²) in [6.45, 7) is 0. The van der Waals surface area contributed by atoms with E-state index in [9.17, 15) is 4.79 Å². The average Bonchev–Trinajstić information content (AvgIpc) is 3.18. The van der Waals surface area contributed by atoms with E-state index in [1.54, 1.807) is 30.1 Å². The summed E-state index contributed by atoms with van der Waals surface area (Å²) in [6.07, 6.45) is 3.54. The molecule has 0 saturated carbocycles. The Bertz CT molecular complexity index is 758. The van der Waals surface area contributed by atoms with E-state index in [1.165, 1.54) is 21.3 Å². The van der Waals surface area contributed by atoms with Crippen LogP contribution in [0.15, 0.2) is 36.7 Å². The lowest BCUT2D eigenvalue weighted by atomic mass is 10.2. The van der Waals surface area contributed by atoms with E-state index in [0.29, 0.717) is 28.7 Å². The molecule has 0 radical (unpaired) electrons. The fourth-order valence-electron chi connectivity index (χ4n) is 2.73. The number of rotatable bonds is 6. The van der Waals surface area contributed by atoms with Gasteiger partial charge in [0.1, 0.15) is 0 Å². The van der Waals surface area contributed by atoms with Crippen LogP contribution in [-0.2, 0) is 4.79 Å². The summed E-state index contributed by atoms with van der Waals surface area (Å²) in [7, 11) is 4.62. The predicted molar refractivity (Wildman–Crippen MR) is 116 cm³/mol.